The molecule has 1 aromatic heterocycles. The zero-order chi connectivity index (χ0) is 33.4. The minimum atomic E-state index is -4.80. The molecule has 1 N–H and O–H groups in total. The molecule has 1 saturated heterocycles. The van der Waals surface area contributed by atoms with E-state index < -0.39 is 59.0 Å². The first-order valence-electron chi connectivity index (χ1n) is 14.2. The van der Waals surface area contributed by atoms with Crippen LogP contribution >= 0.6 is 11.6 Å². The number of hydrogen-bond donors (Lipinski definition) is 1. The summed E-state index contributed by atoms with van der Waals surface area (Å²) in [6.45, 7) is 1.53. The molecule has 10 nitrogen and oxygen atoms in total. The second kappa shape index (κ2) is 11.0. The van der Waals surface area contributed by atoms with Crippen molar-refractivity contribution < 1.29 is 46.9 Å². The Morgan fingerprint density at radius 2 is 1.70 bits per heavy atom. The number of aromatic hydroxyl groups is 1. The van der Waals surface area contributed by atoms with Crippen LogP contribution in [0.5, 0.6) is 17.2 Å². The van der Waals surface area contributed by atoms with E-state index in [1.165, 1.54) is 46.4 Å². The molecule has 1 aliphatic heterocycles. The number of alkyl halides is 3. The van der Waals surface area contributed by atoms with E-state index in [1.54, 1.807) is 6.08 Å². The molecule has 4 unspecified atom stereocenters. The van der Waals surface area contributed by atoms with Crippen LogP contribution in [0.3, 0.4) is 0 Å². The third-order valence-corrected chi connectivity index (χ3v) is 9.38. The highest BCUT2D eigenvalue weighted by atomic mass is 35.5. The van der Waals surface area contributed by atoms with E-state index in [2.05, 4.69) is 4.98 Å². The summed E-state index contributed by atoms with van der Waals surface area (Å²) in [5.74, 6) is -6.07. The van der Waals surface area contributed by atoms with E-state index in [9.17, 15) is 37.5 Å². The monoisotopic (exact) mass is 657 g/mol. The second-order valence-corrected chi connectivity index (χ2v) is 11.9. The van der Waals surface area contributed by atoms with Gasteiger partial charge in [0, 0.05) is 47.4 Å². The van der Waals surface area contributed by atoms with Gasteiger partial charge in [0.2, 0.25) is 0 Å². The SMILES string of the molecule is COc1cc(O)cc(OC)c1C1C2=CCC3C(=O)N(N(C)c4nc(C(F)(F)F)ccc4Cl)C(=O)C3C2CC2=C1C(=O)C(C)=CC2=O. The van der Waals surface area contributed by atoms with Crippen LogP contribution in [-0.4, -0.2) is 59.7 Å². The fraction of sp³-hybridized carbons (Fsp3) is 0.344. The average molecular weight is 658 g/mol. The molecule has 0 spiro atoms. The Morgan fingerprint density at radius 1 is 1.04 bits per heavy atom. The van der Waals surface area contributed by atoms with Crippen molar-refractivity contribution in [2.75, 3.05) is 26.3 Å². The van der Waals surface area contributed by atoms with Gasteiger partial charge in [0.1, 0.15) is 22.9 Å². The highest BCUT2D eigenvalue weighted by Gasteiger charge is 2.58. The number of aromatic nitrogens is 1. The quantitative estimate of drug-likeness (QED) is 0.270. The predicted molar refractivity (Wildman–Crippen MR) is 157 cm³/mol. The summed E-state index contributed by atoms with van der Waals surface area (Å²) < 4.78 is 51.6. The van der Waals surface area contributed by atoms with E-state index in [0.29, 0.717) is 17.2 Å². The van der Waals surface area contributed by atoms with Gasteiger partial charge in [-0.15, -0.1) is 0 Å². The predicted octanol–water partition coefficient (Wildman–Crippen LogP) is 4.96. The van der Waals surface area contributed by atoms with Gasteiger partial charge >= 0.3 is 6.18 Å². The number of allylic oxidation sites excluding steroid dienone is 6. The Morgan fingerprint density at radius 3 is 2.30 bits per heavy atom. The number of anilines is 1. The normalized spacial score (nSPS) is 24.3. The van der Waals surface area contributed by atoms with Gasteiger partial charge in [-0.05, 0) is 43.9 Å². The maximum Gasteiger partial charge on any atom is 0.433 e. The van der Waals surface area contributed by atoms with Crippen LogP contribution in [0.25, 0.3) is 0 Å². The summed E-state index contributed by atoms with van der Waals surface area (Å²) >= 11 is 6.20. The molecule has 4 atom stereocenters. The molecule has 2 amide bonds. The number of rotatable bonds is 5. The third-order valence-electron chi connectivity index (χ3n) is 9.08. The molecule has 1 aromatic carbocycles. The van der Waals surface area contributed by atoms with Crippen molar-refractivity contribution in [2.24, 2.45) is 17.8 Å². The van der Waals surface area contributed by atoms with Crippen molar-refractivity contribution in [1.82, 2.24) is 9.99 Å². The van der Waals surface area contributed by atoms with Gasteiger partial charge < -0.3 is 14.6 Å². The first kappa shape index (κ1) is 31.3. The third kappa shape index (κ3) is 4.67. The molecule has 240 valence electrons. The number of methoxy groups -OCH3 is 2. The van der Waals surface area contributed by atoms with E-state index >= 15 is 0 Å². The lowest BCUT2D eigenvalue weighted by Gasteiger charge is -2.42. The summed E-state index contributed by atoms with van der Waals surface area (Å²) in [6, 6.07) is 4.37. The van der Waals surface area contributed by atoms with E-state index in [0.717, 1.165) is 16.1 Å². The van der Waals surface area contributed by atoms with Gasteiger partial charge in [0.15, 0.2) is 17.4 Å². The lowest BCUT2D eigenvalue weighted by molar-refractivity contribution is -0.141. The number of pyridine rings is 1. The molecule has 3 aliphatic carbocycles. The van der Waals surface area contributed by atoms with Gasteiger partial charge in [-0.2, -0.15) is 18.2 Å². The summed E-state index contributed by atoms with van der Waals surface area (Å²) in [7, 11) is 3.97. The Bertz CT molecular complexity index is 1810. The number of Topliss-reactive ketones (excluding diaryl/α,β-unsaturated/α-hetero) is 1. The zero-order valence-corrected chi connectivity index (χ0v) is 25.7. The lowest BCUT2D eigenvalue weighted by atomic mass is 9.59. The average Bonchev–Trinajstić information content (AvgIpc) is 3.27. The van der Waals surface area contributed by atoms with Crippen LogP contribution in [-0.2, 0) is 25.4 Å². The number of phenols is 1. The molecular weight excluding hydrogens is 631 g/mol. The van der Waals surface area contributed by atoms with Gasteiger partial charge in [-0.25, -0.2) is 4.98 Å². The van der Waals surface area contributed by atoms with Crippen LogP contribution < -0.4 is 14.5 Å². The molecule has 0 bridgehead atoms. The fourth-order valence-electron chi connectivity index (χ4n) is 7.09. The number of carbonyl (C=O) groups is 4. The van der Waals surface area contributed by atoms with Crippen molar-refractivity contribution in [1.29, 1.82) is 0 Å². The van der Waals surface area contributed by atoms with Gasteiger partial charge in [-0.3, -0.25) is 24.2 Å². The molecule has 0 radical (unpaired) electrons. The Labute approximate surface area is 265 Å². The van der Waals surface area contributed by atoms with Gasteiger partial charge in [0.05, 0.1) is 31.1 Å². The number of amides is 2. The first-order valence-corrected chi connectivity index (χ1v) is 14.6. The zero-order valence-electron chi connectivity index (χ0n) is 24.9. The summed E-state index contributed by atoms with van der Waals surface area (Å²) in [6.07, 6.45) is -1.77. The topological polar surface area (TPSA) is 126 Å². The number of nitrogens with zero attached hydrogens (tertiary/aromatic N) is 3. The van der Waals surface area contributed by atoms with Crippen LogP contribution in [0, 0.1) is 17.8 Å². The number of imide groups is 1. The number of carbonyl (C=O) groups excluding carboxylic acids is 4. The van der Waals surface area contributed by atoms with Crippen LogP contribution in [0.15, 0.2) is 58.7 Å². The van der Waals surface area contributed by atoms with E-state index in [4.69, 9.17) is 21.1 Å². The molecule has 1 fully saturated rings. The first-order chi connectivity index (χ1) is 21.7. The minimum absolute atomic E-state index is 0.0327. The van der Waals surface area contributed by atoms with Crippen molar-refractivity contribution in [3.05, 3.63) is 75.0 Å². The molecule has 4 aliphatic rings. The van der Waals surface area contributed by atoms with Gasteiger partial charge in [0.25, 0.3) is 11.8 Å². The Hall–Kier alpha value is -4.65. The standard InChI is InChI=1S/C32H27ClF3N3O7/c1-13-9-20(41)18-12-17-15(25(26(18)28(13)42)27-21(45-3)10-14(40)11-22(27)46-4)5-6-16-24(17)31(44)39(30(16)43)38(2)29-19(33)7-8-23(37-29)32(34,35)36/h5,7-11,16-17,24-25,40H,6,12H2,1-4H3. The summed E-state index contributed by atoms with van der Waals surface area (Å²) in [5, 5.41) is 11.8. The number of halogens is 4. The number of ketones is 2. The minimum Gasteiger partial charge on any atom is -0.508 e. The Balaban J connectivity index is 1.48. The fourth-order valence-corrected chi connectivity index (χ4v) is 7.32. The van der Waals surface area contributed by atoms with E-state index in [-0.39, 0.29) is 57.6 Å². The maximum atomic E-state index is 14.2. The summed E-state index contributed by atoms with van der Waals surface area (Å²) in [4.78, 5) is 58.8. The number of benzene rings is 1. The number of fused-ring (bicyclic) bond motifs is 3. The highest BCUT2D eigenvalue weighted by molar-refractivity contribution is 6.33. The van der Waals surface area contributed by atoms with Crippen LogP contribution in [0.2, 0.25) is 5.02 Å². The van der Waals surface area contributed by atoms with Crippen molar-refractivity contribution >= 4 is 40.8 Å². The number of hydrogen-bond acceptors (Lipinski definition) is 9. The molecule has 2 heterocycles. The van der Waals surface area contributed by atoms with Crippen LogP contribution in [0.4, 0.5) is 19.0 Å². The second-order valence-electron chi connectivity index (χ2n) is 11.5. The largest absolute Gasteiger partial charge is 0.508 e. The van der Waals surface area contributed by atoms with Crippen molar-refractivity contribution in [3.8, 4) is 17.2 Å². The summed E-state index contributed by atoms with van der Waals surface area (Å²) in [5.41, 5.74) is 0.275. The molecule has 46 heavy (non-hydrogen) atoms. The number of hydrazine groups is 1. The highest BCUT2D eigenvalue weighted by Crippen LogP contribution is 2.58. The molecule has 0 saturated carbocycles. The smallest absolute Gasteiger partial charge is 0.433 e. The molecular formula is C32H27ClF3N3O7. The van der Waals surface area contributed by atoms with Crippen molar-refractivity contribution in [2.45, 2.75) is 31.9 Å². The number of phenolic OH excluding ortho intramolecular Hbond substituents is 1. The van der Waals surface area contributed by atoms with E-state index in [1.807, 2.05) is 0 Å². The van der Waals surface area contributed by atoms with Gasteiger partial charge in [-0.1, -0.05) is 23.3 Å². The van der Waals surface area contributed by atoms with Crippen LogP contribution in [0.1, 0.15) is 36.9 Å². The Kier molecular flexibility index (Phi) is 7.50. The lowest BCUT2D eigenvalue weighted by Crippen LogP contribution is -2.46. The molecule has 14 heteroatoms. The molecule has 6 rings (SSSR count). The molecule has 2 aromatic rings. The number of ether oxygens (including phenoxy) is 2. The maximum absolute atomic E-state index is 14.2. The van der Waals surface area contributed by atoms with Crippen molar-refractivity contribution in [3.63, 3.8) is 0 Å².